The molecule has 1 N–H and O–H groups in total. The Morgan fingerprint density at radius 2 is 2.17 bits per heavy atom. The smallest absolute Gasteiger partial charge is 0.119 e. The van der Waals surface area contributed by atoms with E-state index in [-0.39, 0.29) is 5.54 Å². The molecule has 1 aromatic carbocycles. The summed E-state index contributed by atoms with van der Waals surface area (Å²) >= 11 is 0. The average Bonchev–Trinajstić information content (AvgIpc) is 2.66. The van der Waals surface area contributed by atoms with E-state index in [1.54, 1.807) is 7.11 Å². The maximum Gasteiger partial charge on any atom is 0.119 e. The fourth-order valence-electron chi connectivity index (χ4n) is 3.10. The Bertz CT molecular complexity index is 367. The molecule has 0 aromatic heterocycles. The molecule has 1 atom stereocenters. The van der Waals surface area contributed by atoms with Crippen LogP contribution in [0.25, 0.3) is 0 Å². The molecule has 0 spiro atoms. The average molecular weight is 247 g/mol. The third kappa shape index (κ3) is 2.86. The fourth-order valence-corrected chi connectivity index (χ4v) is 3.10. The molecule has 1 aliphatic rings. The standard InChI is InChI=1S/C16H25NO/c1-3-10-16(11-5-4-6-12-17-16)14-8-7-9-15(13-14)18-2/h7-9,13,17H,3-6,10-12H2,1-2H3. The molecular weight excluding hydrogens is 222 g/mol. The van der Waals surface area contributed by atoms with E-state index in [0.29, 0.717) is 0 Å². The van der Waals surface area contributed by atoms with Gasteiger partial charge in [0.15, 0.2) is 0 Å². The van der Waals surface area contributed by atoms with Crippen molar-refractivity contribution in [1.29, 1.82) is 0 Å². The Kier molecular flexibility index (Phi) is 4.65. The van der Waals surface area contributed by atoms with E-state index in [1.165, 1.54) is 44.1 Å². The van der Waals surface area contributed by atoms with Crippen LogP contribution < -0.4 is 10.1 Å². The Balaban J connectivity index is 2.31. The highest BCUT2D eigenvalue weighted by Gasteiger charge is 2.31. The maximum absolute atomic E-state index is 5.37. The second kappa shape index (κ2) is 6.24. The van der Waals surface area contributed by atoms with Crippen LogP contribution >= 0.6 is 0 Å². The summed E-state index contributed by atoms with van der Waals surface area (Å²) in [5, 5.41) is 3.81. The molecule has 2 nitrogen and oxygen atoms in total. The number of rotatable bonds is 4. The van der Waals surface area contributed by atoms with E-state index in [9.17, 15) is 0 Å². The van der Waals surface area contributed by atoms with Gasteiger partial charge in [-0.3, -0.25) is 0 Å². The van der Waals surface area contributed by atoms with Crippen LogP contribution in [0, 0.1) is 0 Å². The Morgan fingerprint density at radius 3 is 2.94 bits per heavy atom. The summed E-state index contributed by atoms with van der Waals surface area (Å²) in [4.78, 5) is 0. The zero-order valence-corrected chi connectivity index (χ0v) is 11.7. The summed E-state index contributed by atoms with van der Waals surface area (Å²) in [7, 11) is 1.74. The van der Waals surface area contributed by atoms with Gasteiger partial charge in [-0.15, -0.1) is 0 Å². The Labute approximate surface area is 111 Å². The van der Waals surface area contributed by atoms with Gasteiger partial charge in [-0.05, 0) is 43.5 Å². The van der Waals surface area contributed by atoms with Crippen LogP contribution in [0.1, 0.15) is 51.0 Å². The highest BCUT2D eigenvalue weighted by atomic mass is 16.5. The van der Waals surface area contributed by atoms with Gasteiger partial charge in [-0.2, -0.15) is 0 Å². The van der Waals surface area contributed by atoms with Crippen LogP contribution in [-0.2, 0) is 5.54 Å². The molecule has 0 bridgehead atoms. The van der Waals surface area contributed by atoms with E-state index in [0.717, 1.165) is 12.3 Å². The lowest BCUT2D eigenvalue weighted by molar-refractivity contribution is 0.295. The van der Waals surface area contributed by atoms with Crippen molar-refractivity contribution in [1.82, 2.24) is 5.32 Å². The molecule has 1 unspecified atom stereocenters. The molecular formula is C16H25NO. The zero-order chi connectivity index (χ0) is 12.8. The number of ether oxygens (including phenoxy) is 1. The van der Waals surface area contributed by atoms with E-state index < -0.39 is 0 Å². The molecule has 1 fully saturated rings. The van der Waals surface area contributed by atoms with Crippen molar-refractivity contribution in [3.63, 3.8) is 0 Å². The highest BCUT2D eigenvalue weighted by molar-refractivity contribution is 5.33. The summed E-state index contributed by atoms with van der Waals surface area (Å²) in [6, 6.07) is 8.59. The van der Waals surface area contributed by atoms with Gasteiger partial charge in [0.2, 0.25) is 0 Å². The van der Waals surface area contributed by atoms with Crippen LogP contribution in [0.5, 0.6) is 5.75 Å². The Hall–Kier alpha value is -1.02. The number of hydrogen-bond donors (Lipinski definition) is 1. The zero-order valence-electron chi connectivity index (χ0n) is 11.7. The number of benzene rings is 1. The molecule has 100 valence electrons. The third-order valence-electron chi connectivity index (χ3n) is 4.04. The maximum atomic E-state index is 5.37. The van der Waals surface area contributed by atoms with Crippen molar-refractivity contribution >= 4 is 0 Å². The van der Waals surface area contributed by atoms with Crippen LogP contribution in [0.3, 0.4) is 0 Å². The molecule has 0 aliphatic carbocycles. The van der Waals surface area contributed by atoms with Crippen molar-refractivity contribution in [3.8, 4) is 5.75 Å². The molecule has 0 amide bonds. The minimum atomic E-state index is 0.166. The molecule has 18 heavy (non-hydrogen) atoms. The molecule has 0 radical (unpaired) electrons. The molecule has 1 heterocycles. The summed E-state index contributed by atoms with van der Waals surface area (Å²) in [5.74, 6) is 0.967. The molecule has 2 rings (SSSR count). The van der Waals surface area contributed by atoms with E-state index in [4.69, 9.17) is 4.74 Å². The van der Waals surface area contributed by atoms with Gasteiger partial charge in [-0.25, -0.2) is 0 Å². The molecule has 0 saturated carbocycles. The lowest BCUT2D eigenvalue weighted by Crippen LogP contribution is -2.41. The van der Waals surface area contributed by atoms with Crippen LogP contribution in [0.2, 0.25) is 0 Å². The van der Waals surface area contributed by atoms with E-state index in [2.05, 4.69) is 30.4 Å². The molecule has 1 aliphatic heterocycles. The fraction of sp³-hybridized carbons (Fsp3) is 0.625. The lowest BCUT2D eigenvalue weighted by atomic mass is 9.82. The largest absolute Gasteiger partial charge is 0.497 e. The van der Waals surface area contributed by atoms with Gasteiger partial charge in [0.1, 0.15) is 5.75 Å². The monoisotopic (exact) mass is 247 g/mol. The first-order valence-corrected chi connectivity index (χ1v) is 7.20. The van der Waals surface area contributed by atoms with Crippen LogP contribution in [0.4, 0.5) is 0 Å². The second-order valence-corrected chi connectivity index (χ2v) is 5.30. The summed E-state index contributed by atoms with van der Waals surface area (Å²) in [6.07, 6.45) is 7.64. The van der Waals surface area contributed by atoms with Gasteiger partial charge < -0.3 is 10.1 Å². The van der Waals surface area contributed by atoms with Crippen molar-refractivity contribution in [2.45, 2.75) is 51.0 Å². The van der Waals surface area contributed by atoms with Gasteiger partial charge in [0.05, 0.1) is 7.11 Å². The number of hydrogen-bond acceptors (Lipinski definition) is 2. The summed E-state index contributed by atoms with van der Waals surface area (Å²) < 4.78 is 5.37. The SMILES string of the molecule is CCCC1(c2cccc(OC)c2)CCCCCN1. The lowest BCUT2D eigenvalue weighted by Gasteiger charge is -2.34. The van der Waals surface area contributed by atoms with E-state index in [1.807, 2.05) is 6.07 Å². The first kappa shape index (κ1) is 13.4. The van der Waals surface area contributed by atoms with Crippen molar-refractivity contribution < 1.29 is 4.74 Å². The van der Waals surface area contributed by atoms with Crippen molar-refractivity contribution in [3.05, 3.63) is 29.8 Å². The molecule has 1 saturated heterocycles. The predicted molar refractivity (Wildman–Crippen MR) is 76.1 cm³/mol. The third-order valence-corrected chi connectivity index (χ3v) is 4.04. The van der Waals surface area contributed by atoms with E-state index >= 15 is 0 Å². The number of nitrogens with one attached hydrogen (secondary N) is 1. The Morgan fingerprint density at radius 1 is 1.28 bits per heavy atom. The van der Waals surface area contributed by atoms with Crippen molar-refractivity contribution in [2.24, 2.45) is 0 Å². The first-order valence-electron chi connectivity index (χ1n) is 7.20. The van der Waals surface area contributed by atoms with Gasteiger partial charge in [0.25, 0.3) is 0 Å². The van der Waals surface area contributed by atoms with Crippen molar-refractivity contribution in [2.75, 3.05) is 13.7 Å². The predicted octanol–water partition coefficient (Wildman–Crippen LogP) is 3.85. The first-order chi connectivity index (χ1) is 8.80. The van der Waals surface area contributed by atoms with Gasteiger partial charge in [-0.1, -0.05) is 38.3 Å². The summed E-state index contributed by atoms with van der Waals surface area (Å²) in [5.41, 5.74) is 1.56. The topological polar surface area (TPSA) is 21.3 Å². The van der Waals surface area contributed by atoms with Gasteiger partial charge >= 0.3 is 0 Å². The molecule has 1 aromatic rings. The highest BCUT2D eigenvalue weighted by Crippen LogP contribution is 2.35. The van der Waals surface area contributed by atoms with Crippen LogP contribution in [0.15, 0.2) is 24.3 Å². The quantitative estimate of drug-likeness (QED) is 0.872. The minimum absolute atomic E-state index is 0.166. The minimum Gasteiger partial charge on any atom is -0.497 e. The normalized spacial score (nSPS) is 24.6. The van der Waals surface area contributed by atoms with Gasteiger partial charge in [0, 0.05) is 5.54 Å². The van der Waals surface area contributed by atoms with Crippen LogP contribution in [-0.4, -0.2) is 13.7 Å². The molecule has 2 heteroatoms. The second-order valence-electron chi connectivity index (χ2n) is 5.30. The summed E-state index contributed by atoms with van der Waals surface area (Å²) in [6.45, 7) is 3.41. The number of methoxy groups -OCH3 is 1.